The average molecular weight is 584 g/mol. The van der Waals surface area contributed by atoms with Crippen molar-refractivity contribution in [1.82, 2.24) is 9.78 Å². The number of halogens is 1. The lowest BCUT2D eigenvalue weighted by Gasteiger charge is -2.24. The Kier molecular flexibility index (Phi) is 7.08. The molecule has 1 aromatic heterocycles. The van der Waals surface area contributed by atoms with E-state index < -0.39 is 10.0 Å². The number of benzene rings is 4. The van der Waals surface area contributed by atoms with Gasteiger partial charge < -0.3 is 4.74 Å². The fraction of sp³-hybridized carbons (Fsp3) is 0.0968. The average Bonchev–Trinajstić information content (AvgIpc) is 3.63. The molecule has 4 aromatic carbocycles. The number of hydrogen-bond acceptors (Lipinski definition) is 6. The van der Waals surface area contributed by atoms with Crippen LogP contribution in [0.3, 0.4) is 0 Å². The zero-order valence-corrected chi connectivity index (χ0v) is 23.6. The summed E-state index contributed by atoms with van der Waals surface area (Å²) in [4.78, 5) is 0.0371. The molecule has 10 heteroatoms. The molecule has 6 rings (SSSR count). The lowest BCUT2D eigenvalue weighted by molar-refractivity contribution is 0.415. The Morgan fingerprint density at radius 2 is 1.51 bits per heavy atom. The smallest absolute Gasteiger partial charge is 0.238 e. The number of methoxy groups -OCH3 is 1. The number of hydrogen-bond donors (Lipinski definition) is 1. The number of nitrogens with two attached hydrogens (primary N) is 1. The molecule has 0 bridgehead atoms. The number of rotatable bonds is 7. The Morgan fingerprint density at radius 3 is 2.15 bits per heavy atom. The van der Waals surface area contributed by atoms with Gasteiger partial charge in [0.15, 0.2) is 0 Å². The van der Waals surface area contributed by atoms with Crippen molar-refractivity contribution in [3.05, 3.63) is 125 Å². The number of primary sulfonamides is 1. The van der Waals surface area contributed by atoms with Crippen molar-refractivity contribution in [2.75, 3.05) is 12.1 Å². The van der Waals surface area contributed by atoms with Crippen molar-refractivity contribution in [3.63, 3.8) is 0 Å². The highest BCUT2D eigenvalue weighted by atomic mass is 35.5. The standard InChI is InChI=1S/C31H26ClN5O3S/c1-40-26-15-9-21(10-16-26)29-19-30(37(34-29)25-13-17-27(18-14-25)41(33,38)39)28-20-36(24-5-3-2-4-6-24)35-31(28)22-7-11-23(32)12-8-22/h2-18,20,30H,19H2,1H3,(H2,33,38,39). The number of anilines is 1. The van der Waals surface area contributed by atoms with E-state index in [4.69, 9.17) is 31.7 Å². The summed E-state index contributed by atoms with van der Waals surface area (Å²) in [6.45, 7) is 0. The van der Waals surface area contributed by atoms with E-state index >= 15 is 0 Å². The van der Waals surface area contributed by atoms with Gasteiger partial charge in [0, 0.05) is 28.8 Å². The van der Waals surface area contributed by atoms with Gasteiger partial charge in [-0.05, 0) is 78.4 Å². The van der Waals surface area contributed by atoms with Crippen LogP contribution in [0.25, 0.3) is 16.9 Å². The van der Waals surface area contributed by atoms with Crippen molar-refractivity contribution in [2.45, 2.75) is 17.4 Å². The highest BCUT2D eigenvalue weighted by Gasteiger charge is 2.34. The number of ether oxygens (including phenoxy) is 1. The molecule has 8 nitrogen and oxygen atoms in total. The van der Waals surface area contributed by atoms with Gasteiger partial charge >= 0.3 is 0 Å². The Balaban J connectivity index is 1.49. The SMILES string of the molecule is COc1ccc(C2=NN(c3ccc(S(N)(=O)=O)cc3)C(c3cn(-c4ccccc4)nc3-c3ccc(Cl)cc3)C2)cc1. The van der Waals surface area contributed by atoms with Gasteiger partial charge in [-0.3, -0.25) is 5.01 Å². The van der Waals surface area contributed by atoms with Crippen LogP contribution >= 0.6 is 11.6 Å². The van der Waals surface area contributed by atoms with E-state index in [1.807, 2.05) is 94.8 Å². The van der Waals surface area contributed by atoms with Crippen molar-refractivity contribution in [3.8, 4) is 22.7 Å². The third-order valence-corrected chi connectivity index (χ3v) is 8.18. The highest BCUT2D eigenvalue weighted by Crippen LogP contribution is 2.41. The molecular weight excluding hydrogens is 558 g/mol. The van der Waals surface area contributed by atoms with Crippen molar-refractivity contribution >= 4 is 33.0 Å². The maximum atomic E-state index is 11.9. The second kappa shape index (κ2) is 10.9. The van der Waals surface area contributed by atoms with E-state index in [1.165, 1.54) is 12.1 Å². The molecule has 0 saturated carbocycles. The maximum absolute atomic E-state index is 11.9. The summed E-state index contributed by atoms with van der Waals surface area (Å²) in [6, 6.07) is 31.5. The third kappa shape index (κ3) is 5.47. The molecule has 1 aliphatic heterocycles. The summed E-state index contributed by atoms with van der Waals surface area (Å²) < 4.78 is 31.0. The summed E-state index contributed by atoms with van der Waals surface area (Å²) in [5, 5.41) is 17.9. The fourth-order valence-electron chi connectivity index (χ4n) is 4.91. The minimum atomic E-state index is -3.83. The van der Waals surface area contributed by atoms with Crippen molar-refractivity contribution < 1.29 is 13.2 Å². The Morgan fingerprint density at radius 1 is 0.854 bits per heavy atom. The lowest BCUT2D eigenvalue weighted by atomic mass is 9.96. The van der Waals surface area contributed by atoms with Crippen LogP contribution in [-0.2, 0) is 10.0 Å². The van der Waals surface area contributed by atoms with Gasteiger partial charge in [-0.25, -0.2) is 18.2 Å². The van der Waals surface area contributed by atoms with Crippen LogP contribution in [0.2, 0.25) is 5.02 Å². The van der Waals surface area contributed by atoms with Gasteiger partial charge in [0.1, 0.15) is 5.75 Å². The summed E-state index contributed by atoms with van der Waals surface area (Å²) in [5.41, 5.74) is 6.16. The van der Waals surface area contributed by atoms with Crippen LogP contribution in [0, 0.1) is 0 Å². The molecule has 1 unspecified atom stereocenters. The second-order valence-corrected chi connectivity index (χ2v) is 11.6. The first kappa shape index (κ1) is 26.8. The van der Waals surface area contributed by atoms with Gasteiger partial charge in [0.2, 0.25) is 10.0 Å². The van der Waals surface area contributed by atoms with Crippen LogP contribution in [0.1, 0.15) is 23.6 Å². The van der Waals surface area contributed by atoms with E-state index in [9.17, 15) is 8.42 Å². The summed E-state index contributed by atoms with van der Waals surface area (Å²) in [7, 11) is -2.20. The zero-order valence-electron chi connectivity index (χ0n) is 22.1. The zero-order chi connectivity index (χ0) is 28.6. The molecule has 0 saturated heterocycles. The molecule has 41 heavy (non-hydrogen) atoms. The first-order chi connectivity index (χ1) is 19.8. The maximum Gasteiger partial charge on any atom is 0.238 e. The summed E-state index contributed by atoms with van der Waals surface area (Å²) in [5.74, 6) is 0.758. The molecule has 2 heterocycles. The molecule has 0 spiro atoms. The lowest BCUT2D eigenvalue weighted by Crippen LogP contribution is -2.19. The first-order valence-corrected chi connectivity index (χ1v) is 14.8. The van der Waals surface area contributed by atoms with E-state index in [1.54, 1.807) is 19.2 Å². The van der Waals surface area contributed by atoms with Crippen molar-refractivity contribution in [2.24, 2.45) is 10.2 Å². The minimum Gasteiger partial charge on any atom is -0.497 e. The van der Waals surface area contributed by atoms with Gasteiger partial charge in [-0.2, -0.15) is 10.2 Å². The molecule has 0 amide bonds. The molecule has 2 N–H and O–H groups in total. The topological polar surface area (TPSA) is 103 Å². The minimum absolute atomic E-state index is 0.0371. The highest BCUT2D eigenvalue weighted by molar-refractivity contribution is 7.89. The summed E-state index contributed by atoms with van der Waals surface area (Å²) >= 11 is 6.21. The number of hydrazone groups is 1. The quantitative estimate of drug-likeness (QED) is 0.245. The number of aromatic nitrogens is 2. The largest absolute Gasteiger partial charge is 0.497 e. The van der Waals surface area contributed by atoms with E-state index in [0.29, 0.717) is 11.4 Å². The van der Waals surface area contributed by atoms with Gasteiger partial charge in [-0.1, -0.05) is 41.9 Å². The Labute approximate surface area is 243 Å². The molecule has 206 valence electrons. The normalized spacial score (nSPS) is 15.1. The number of para-hydroxylation sites is 1. The fourth-order valence-corrected chi connectivity index (χ4v) is 5.55. The van der Waals surface area contributed by atoms with Crippen LogP contribution in [0.4, 0.5) is 5.69 Å². The third-order valence-electron chi connectivity index (χ3n) is 7.00. The number of nitrogens with zero attached hydrogens (tertiary/aromatic N) is 4. The molecule has 1 aliphatic rings. The molecule has 0 radical (unpaired) electrons. The van der Waals surface area contributed by atoms with E-state index in [0.717, 1.165) is 45.2 Å². The molecule has 0 fully saturated rings. The Hall–Kier alpha value is -4.44. The van der Waals surface area contributed by atoms with Crippen LogP contribution in [-0.4, -0.2) is 31.0 Å². The van der Waals surface area contributed by atoms with Crippen LogP contribution < -0.4 is 14.9 Å². The van der Waals surface area contributed by atoms with E-state index in [-0.39, 0.29) is 10.9 Å². The predicted molar refractivity (Wildman–Crippen MR) is 161 cm³/mol. The second-order valence-electron chi connectivity index (χ2n) is 9.60. The Bertz CT molecular complexity index is 1820. The monoisotopic (exact) mass is 583 g/mol. The molecule has 5 aromatic rings. The van der Waals surface area contributed by atoms with Crippen molar-refractivity contribution in [1.29, 1.82) is 0 Å². The van der Waals surface area contributed by atoms with Gasteiger partial charge in [0.25, 0.3) is 0 Å². The van der Waals surface area contributed by atoms with Gasteiger partial charge in [0.05, 0.1) is 40.8 Å². The molecule has 1 atom stereocenters. The van der Waals surface area contributed by atoms with Crippen LogP contribution in [0.5, 0.6) is 5.75 Å². The number of sulfonamides is 1. The summed E-state index contributed by atoms with van der Waals surface area (Å²) in [6.07, 6.45) is 2.62. The molecular formula is C31H26ClN5O3S. The van der Waals surface area contributed by atoms with Gasteiger partial charge in [-0.15, -0.1) is 0 Å². The predicted octanol–water partition coefficient (Wildman–Crippen LogP) is 6.20. The molecule has 0 aliphatic carbocycles. The van der Waals surface area contributed by atoms with Crippen LogP contribution in [0.15, 0.2) is 119 Å². The first-order valence-electron chi connectivity index (χ1n) is 12.8. The van der Waals surface area contributed by atoms with E-state index in [2.05, 4.69) is 0 Å².